The van der Waals surface area contributed by atoms with Crippen molar-refractivity contribution in [3.63, 3.8) is 0 Å². The fraction of sp³-hybridized carbons (Fsp3) is 0.462. The number of benzene rings is 1. The van der Waals surface area contributed by atoms with Gasteiger partial charge in [-0.3, -0.25) is 4.79 Å². The van der Waals surface area contributed by atoms with E-state index in [-0.39, 0.29) is 17.3 Å². The third kappa shape index (κ3) is 2.47. The van der Waals surface area contributed by atoms with Crippen molar-refractivity contribution >= 4 is 5.91 Å². The molecule has 3 N–H and O–H groups in total. The van der Waals surface area contributed by atoms with E-state index in [9.17, 15) is 9.18 Å². The minimum atomic E-state index is -0.893. The van der Waals surface area contributed by atoms with Crippen molar-refractivity contribution in [2.24, 2.45) is 5.73 Å². The first-order valence-corrected chi connectivity index (χ1v) is 5.71. The number of carbonyl (C=O) groups is 1. The Bertz CT molecular complexity index is 430. The van der Waals surface area contributed by atoms with E-state index in [1.807, 2.05) is 0 Å². The van der Waals surface area contributed by atoms with Crippen molar-refractivity contribution in [3.05, 3.63) is 35.6 Å². The van der Waals surface area contributed by atoms with Gasteiger partial charge in [-0.05, 0) is 44.4 Å². The number of nitrogens with one attached hydrogen (secondary N) is 1. The third-order valence-electron chi connectivity index (χ3n) is 3.08. The fourth-order valence-corrected chi connectivity index (χ4v) is 1.76. The van der Waals surface area contributed by atoms with Crippen LogP contribution < -0.4 is 11.1 Å². The van der Waals surface area contributed by atoms with Crippen molar-refractivity contribution in [2.45, 2.75) is 37.8 Å². The maximum Gasteiger partial charge on any atom is 0.240 e. The lowest BCUT2D eigenvalue weighted by atomic mass is 10.0. The van der Waals surface area contributed by atoms with E-state index >= 15 is 0 Å². The summed E-state index contributed by atoms with van der Waals surface area (Å²) >= 11 is 0. The van der Waals surface area contributed by atoms with Crippen LogP contribution in [0.25, 0.3) is 0 Å². The van der Waals surface area contributed by atoms with Gasteiger partial charge in [0.1, 0.15) is 5.82 Å². The summed E-state index contributed by atoms with van der Waals surface area (Å²) in [6.07, 6.45) is 1.75. The molecule has 1 fully saturated rings. The summed E-state index contributed by atoms with van der Waals surface area (Å²) in [4.78, 5) is 11.9. The number of hydrogen-bond donors (Lipinski definition) is 2. The van der Waals surface area contributed by atoms with Crippen molar-refractivity contribution in [1.29, 1.82) is 0 Å². The van der Waals surface area contributed by atoms with Crippen LogP contribution in [0.1, 0.15) is 32.3 Å². The number of halogens is 1. The average molecular weight is 236 g/mol. The number of amides is 1. The van der Waals surface area contributed by atoms with Gasteiger partial charge < -0.3 is 11.1 Å². The first-order valence-electron chi connectivity index (χ1n) is 5.71. The number of carbonyl (C=O) groups excluding carboxylic acids is 1. The van der Waals surface area contributed by atoms with Gasteiger partial charge in [-0.15, -0.1) is 0 Å². The van der Waals surface area contributed by atoms with Crippen LogP contribution in [0.4, 0.5) is 4.39 Å². The van der Waals surface area contributed by atoms with Crippen LogP contribution in [0.5, 0.6) is 0 Å². The molecule has 1 aliphatic rings. The average Bonchev–Trinajstić information content (AvgIpc) is 2.98. The molecule has 2 rings (SSSR count). The lowest BCUT2D eigenvalue weighted by Crippen LogP contribution is -2.52. The second kappa shape index (κ2) is 3.81. The summed E-state index contributed by atoms with van der Waals surface area (Å²) in [6.45, 7) is 3.34. The van der Waals surface area contributed by atoms with Gasteiger partial charge in [-0.2, -0.15) is 0 Å². The van der Waals surface area contributed by atoms with E-state index in [0.717, 1.165) is 18.4 Å². The van der Waals surface area contributed by atoms with Gasteiger partial charge in [0, 0.05) is 0 Å². The van der Waals surface area contributed by atoms with Crippen LogP contribution >= 0.6 is 0 Å². The smallest absolute Gasteiger partial charge is 0.240 e. The highest BCUT2D eigenvalue weighted by Crippen LogP contribution is 2.45. The van der Waals surface area contributed by atoms with Gasteiger partial charge in [-0.25, -0.2) is 4.39 Å². The zero-order chi connectivity index (χ0) is 12.7. The molecule has 0 radical (unpaired) electrons. The minimum absolute atomic E-state index is 0.181. The van der Waals surface area contributed by atoms with Gasteiger partial charge in [-0.1, -0.05) is 12.1 Å². The highest BCUT2D eigenvalue weighted by atomic mass is 19.1. The maximum atomic E-state index is 12.8. The SMILES string of the molecule is CC(C)(N)C(=O)NC1(c2ccc(F)cc2)CC1. The first-order chi connectivity index (χ1) is 7.83. The normalized spacial score (nSPS) is 17.6. The van der Waals surface area contributed by atoms with Gasteiger partial charge in [0.25, 0.3) is 0 Å². The molecule has 1 aromatic carbocycles. The molecule has 0 aliphatic heterocycles. The Morgan fingerprint density at radius 3 is 2.29 bits per heavy atom. The Kier molecular flexibility index (Phi) is 2.70. The molecule has 17 heavy (non-hydrogen) atoms. The lowest BCUT2D eigenvalue weighted by Gasteiger charge is -2.24. The summed E-state index contributed by atoms with van der Waals surface area (Å²) in [5.74, 6) is -0.450. The molecule has 0 unspecified atom stereocenters. The molecule has 1 saturated carbocycles. The van der Waals surface area contributed by atoms with Crippen molar-refractivity contribution in [1.82, 2.24) is 5.32 Å². The highest BCUT2D eigenvalue weighted by molar-refractivity contribution is 5.86. The molecular weight excluding hydrogens is 219 g/mol. The van der Waals surface area contributed by atoms with E-state index < -0.39 is 5.54 Å². The van der Waals surface area contributed by atoms with Gasteiger partial charge in [0.2, 0.25) is 5.91 Å². The molecule has 1 amide bonds. The Morgan fingerprint density at radius 1 is 1.35 bits per heavy atom. The predicted octanol–water partition coefficient (Wildman–Crippen LogP) is 1.67. The van der Waals surface area contributed by atoms with Crippen LogP contribution in [-0.4, -0.2) is 11.4 Å². The summed E-state index contributed by atoms with van der Waals surface area (Å²) in [5, 5.41) is 2.96. The number of hydrogen-bond acceptors (Lipinski definition) is 2. The Hall–Kier alpha value is -1.42. The second-order valence-electron chi connectivity index (χ2n) is 5.26. The summed E-state index contributed by atoms with van der Waals surface area (Å²) < 4.78 is 12.8. The topological polar surface area (TPSA) is 55.1 Å². The van der Waals surface area contributed by atoms with Crippen LogP contribution in [0, 0.1) is 5.82 Å². The summed E-state index contributed by atoms with van der Waals surface area (Å²) in [5.41, 5.74) is 5.46. The van der Waals surface area contributed by atoms with Crippen LogP contribution in [0.15, 0.2) is 24.3 Å². The van der Waals surface area contributed by atoms with Crippen molar-refractivity contribution < 1.29 is 9.18 Å². The highest BCUT2D eigenvalue weighted by Gasteiger charge is 2.47. The molecule has 3 nitrogen and oxygen atoms in total. The molecule has 0 spiro atoms. The van der Waals surface area contributed by atoms with Gasteiger partial charge >= 0.3 is 0 Å². The van der Waals surface area contributed by atoms with E-state index in [2.05, 4.69) is 5.32 Å². The van der Waals surface area contributed by atoms with Crippen LogP contribution in [0.2, 0.25) is 0 Å². The quantitative estimate of drug-likeness (QED) is 0.838. The molecule has 1 aliphatic carbocycles. The zero-order valence-corrected chi connectivity index (χ0v) is 10.1. The molecule has 0 aromatic heterocycles. The second-order valence-corrected chi connectivity index (χ2v) is 5.26. The maximum absolute atomic E-state index is 12.8. The van der Waals surface area contributed by atoms with Crippen LogP contribution in [0.3, 0.4) is 0 Å². The summed E-state index contributed by atoms with van der Waals surface area (Å²) in [6, 6.07) is 6.25. The lowest BCUT2D eigenvalue weighted by molar-refractivity contribution is -0.126. The van der Waals surface area contributed by atoms with Gasteiger partial charge in [0.05, 0.1) is 11.1 Å². The monoisotopic (exact) mass is 236 g/mol. The standard InChI is InChI=1S/C13H17FN2O/c1-12(2,15)11(17)16-13(7-8-13)9-3-5-10(14)6-4-9/h3-6H,7-8,15H2,1-2H3,(H,16,17). The molecule has 92 valence electrons. The van der Waals surface area contributed by atoms with Crippen LogP contribution in [-0.2, 0) is 10.3 Å². The molecule has 0 heterocycles. The Labute approximate surface area is 100 Å². The molecule has 0 bridgehead atoms. The molecule has 0 saturated heterocycles. The van der Waals surface area contributed by atoms with Gasteiger partial charge in [0.15, 0.2) is 0 Å². The minimum Gasteiger partial charge on any atom is -0.345 e. The van der Waals surface area contributed by atoms with E-state index in [1.165, 1.54) is 12.1 Å². The fourth-order valence-electron chi connectivity index (χ4n) is 1.76. The zero-order valence-electron chi connectivity index (χ0n) is 10.1. The third-order valence-corrected chi connectivity index (χ3v) is 3.08. The molecule has 4 heteroatoms. The molecule has 1 aromatic rings. The van der Waals surface area contributed by atoms with E-state index in [1.54, 1.807) is 26.0 Å². The Morgan fingerprint density at radius 2 is 1.88 bits per heavy atom. The first kappa shape index (κ1) is 12.0. The summed E-state index contributed by atoms with van der Waals surface area (Å²) in [7, 11) is 0. The van der Waals surface area contributed by atoms with E-state index in [0.29, 0.717) is 0 Å². The number of nitrogens with two attached hydrogens (primary N) is 1. The van der Waals surface area contributed by atoms with Crippen molar-refractivity contribution in [3.8, 4) is 0 Å². The predicted molar refractivity (Wildman–Crippen MR) is 63.7 cm³/mol. The largest absolute Gasteiger partial charge is 0.345 e. The molecular formula is C13H17FN2O. The Balaban J connectivity index is 2.15. The van der Waals surface area contributed by atoms with Crippen molar-refractivity contribution in [2.75, 3.05) is 0 Å². The number of rotatable bonds is 3. The van der Waals surface area contributed by atoms with E-state index in [4.69, 9.17) is 5.73 Å². The molecule has 0 atom stereocenters.